The van der Waals surface area contributed by atoms with Gasteiger partial charge in [-0.3, -0.25) is 4.98 Å². The van der Waals surface area contributed by atoms with Gasteiger partial charge in [0.15, 0.2) is 5.65 Å². The van der Waals surface area contributed by atoms with E-state index in [-0.39, 0.29) is 0 Å². The summed E-state index contributed by atoms with van der Waals surface area (Å²) in [6, 6.07) is 7.66. The molecule has 0 spiro atoms. The van der Waals surface area contributed by atoms with E-state index in [1.807, 2.05) is 42.6 Å². The first-order chi connectivity index (χ1) is 14.9. The Morgan fingerprint density at radius 3 is 2.71 bits per heavy atom. The van der Waals surface area contributed by atoms with E-state index in [0.717, 1.165) is 52.7 Å². The van der Waals surface area contributed by atoms with Crippen molar-refractivity contribution in [1.82, 2.24) is 24.7 Å². The summed E-state index contributed by atoms with van der Waals surface area (Å²) in [7, 11) is 0. The van der Waals surface area contributed by atoms with Crippen molar-refractivity contribution >= 4 is 11.5 Å². The Morgan fingerprint density at radius 2 is 1.97 bits per heavy atom. The molecular formula is C23H26N6O2. The van der Waals surface area contributed by atoms with Gasteiger partial charge in [0, 0.05) is 54.4 Å². The molecule has 160 valence electrons. The third-order valence-electron chi connectivity index (χ3n) is 6.25. The highest BCUT2D eigenvalue weighted by atomic mass is 16.5. The molecule has 5 heterocycles. The average molecular weight is 419 g/mol. The van der Waals surface area contributed by atoms with Crippen molar-refractivity contribution in [2.45, 2.75) is 45.6 Å². The number of hydrogen-bond acceptors (Lipinski definition) is 7. The fraction of sp³-hybridized carbons (Fsp3) is 0.391. The first-order valence-corrected chi connectivity index (χ1v) is 10.6. The summed E-state index contributed by atoms with van der Waals surface area (Å²) >= 11 is 0. The van der Waals surface area contributed by atoms with E-state index in [1.165, 1.54) is 0 Å². The van der Waals surface area contributed by atoms with Crippen LogP contribution in [0.25, 0.3) is 17.0 Å². The molecule has 0 bridgehead atoms. The van der Waals surface area contributed by atoms with E-state index in [4.69, 9.17) is 14.6 Å². The van der Waals surface area contributed by atoms with Crippen molar-refractivity contribution in [3.8, 4) is 11.4 Å². The van der Waals surface area contributed by atoms with Gasteiger partial charge >= 0.3 is 0 Å². The normalized spacial score (nSPS) is 19.7. The number of pyridine rings is 1. The average Bonchev–Trinajstić information content (AvgIpc) is 3.33. The SMILES string of the molecule is Cc1cc(-c2cc3nc(C)c(C)c(N4CCC[C@](O)(c5cccnc5)CC4)n3n2)no1. The third kappa shape index (κ3) is 3.46. The lowest BCUT2D eigenvalue weighted by Crippen LogP contribution is -2.31. The van der Waals surface area contributed by atoms with Crippen molar-refractivity contribution in [2.24, 2.45) is 0 Å². The van der Waals surface area contributed by atoms with Gasteiger partial charge in [-0.25, -0.2) is 4.98 Å². The molecule has 0 unspecified atom stereocenters. The molecule has 31 heavy (non-hydrogen) atoms. The summed E-state index contributed by atoms with van der Waals surface area (Å²) in [6.45, 7) is 7.51. The zero-order valence-corrected chi connectivity index (χ0v) is 18.0. The summed E-state index contributed by atoms with van der Waals surface area (Å²) in [4.78, 5) is 11.3. The van der Waals surface area contributed by atoms with E-state index in [2.05, 4.69) is 22.0 Å². The molecule has 8 nitrogen and oxygen atoms in total. The van der Waals surface area contributed by atoms with Crippen LogP contribution in [0.4, 0.5) is 5.82 Å². The molecule has 4 aromatic rings. The van der Waals surface area contributed by atoms with Gasteiger partial charge in [-0.1, -0.05) is 11.2 Å². The molecular weight excluding hydrogens is 392 g/mol. The number of hydrogen-bond donors (Lipinski definition) is 1. The Hall–Kier alpha value is -3.26. The Balaban J connectivity index is 1.53. The zero-order valence-electron chi connectivity index (χ0n) is 18.0. The van der Waals surface area contributed by atoms with Gasteiger partial charge < -0.3 is 14.5 Å². The summed E-state index contributed by atoms with van der Waals surface area (Å²) in [5, 5.41) is 20.3. The van der Waals surface area contributed by atoms with E-state index in [1.54, 1.807) is 12.4 Å². The van der Waals surface area contributed by atoms with Gasteiger partial charge in [0.2, 0.25) is 0 Å². The second-order valence-electron chi connectivity index (χ2n) is 8.38. The molecule has 1 atom stereocenters. The highest BCUT2D eigenvalue weighted by Gasteiger charge is 2.33. The molecule has 0 aliphatic carbocycles. The minimum atomic E-state index is -0.869. The van der Waals surface area contributed by atoms with Crippen LogP contribution in [0, 0.1) is 20.8 Å². The number of aliphatic hydroxyl groups is 1. The molecule has 8 heteroatoms. The van der Waals surface area contributed by atoms with Crippen molar-refractivity contribution in [3.05, 3.63) is 59.2 Å². The van der Waals surface area contributed by atoms with Crippen LogP contribution in [0.5, 0.6) is 0 Å². The topological polar surface area (TPSA) is 92.6 Å². The van der Waals surface area contributed by atoms with Gasteiger partial charge in [-0.15, -0.1) is 0 Å². The standard InChI is InChI=1S/C23H26N6O2/c1-15-12-20(27-31-15)19-13-21-25-17(3)16(2)22(29(21)26-19)28-10-5-7-23(30,8-11-28)18-6-4-9-24-14-18/h4,6,9,12-14,30H,5,7-8,10-11H2,1-3H3/t23-/m1/s1. The van der Waals surface area contributed by atoms with Crippen molar-refractivity contribution in [3.63, 3.8) is 0 Å². The largest absolute Gasteiger partial charge is 0.385 e. The van der Waals surface area contributed by atoms with Crippen LogP contribution in [-0.2, 0) is 5.60 Å². The highest BCUT2D eigenvalue weighted by molar-refractivity contribution is 5.65. The predicted molar refractivity (Wildman–Crippen MR) is 117 cm³/mol. The molecule has 1 aliphatic rings. The van der Waals surface area contributed by atoms with Crippen molar-refractivity contribution in [1.29, 1.82) is 0 Å². The van der Waals surface area contributed by atoms with Crippen molar-refractivity contribution in [2.75, 3.05) is 18.0 Å². The lowest BCUT2D eigenvalue weighted by molar-refractivity contribution is 0.0241. The number of rotatable bonds is 3. The number of nitrogens with zero attached hydrogens (tertiary/aromatic N) is 6. The van der Waals surface area contributed by atoms with Gasteiger partial charge in [0.25, 0.3) is 0 Å². The number of aromatic nitrogens is 5. The molecule has 1 fully saturated rings. The zero-order chi connectivity index (χ0) is 21.6. The van der Waals surface area contributed by atoms with E-state index < -0.39 is 5.60 Å². The summed E-state index contributed by atoms with van der Waals surface area (Å²) in [5.74, 6) is 1.76. The minimum absolute atomic E-state index is 0.623. The molecule has 4 aromatic heterocycles. The lowest BCUT2D eigenvalue weighted by Gasteiger charge is -2.28. The van der Waals surface area contributed by atoms with Crippen LogP contribution in [0.1, 0.15) is 41.8 Å². The van der Waals surface area contributed by atoms with E-state index in [0.29, 0.717) is 25.1 Å². The van der Waals surface area contributed by atoms with Crippen molar-refractivity contribution < 1.29 is 9.63 Å². The molecule has 1 aliphatic heterocycles. The number of aryl methyl sites for hydroxylation is 2. The first kappa shape index (κ1) is 19.7. The van der Waals surface area contributed by atoms with Gasteiger partial charge in [0.05, 0.1) is 5.60 Å². The molecule has 0 aromatic carbocycles. The Bertz CT molecular complexity index is 1230. The second kappa shape index (κ2) is 7.46. The number of fused-ring (bicyclic) bond motifs is 1. The van der Waals surface area contributed by atoms with Gasteiger partial charge in [-0.2, -0.15) is 9.61 Å². The fourth-order valence-corrected chi connectivity index (χ4v) is 4.42. The minimum Gasteiger partial charge on any atom is -0.385 e. The lowest BCUT2D eigenvalue weighted by atomic mass is 9.88. The van der Waals surface area contributed by atoms with E-state index in [9.17, 15) is 5.11 Å². The molecule has 0 radical (unpaired) electrons. The Morgan fingerprint density at radius 1 is 1.10 bits per heavy atom. The molecule has 1 saturated heterocycles. The van der Waals surface area contributed by atoms with Crippen LogP contribution >= 0.6 is 0 Å². The second-order valence-corrected chi connectivity index (χ2v) is 8.38. The highest BCUT2D eigenvalue weighted by Crippen LogP contribution is 2.35. The monoisotopic (exact) mass is 418 g/mol. The summed E-state index contributed by atoms with van der Waals surface area (Å²) in [6.07, 6.45) is 5.70. The van der Waals surface area contributed by atoms with Crippen LogP contribution in [-0.4, -0.2) is 42.9 Å². The smallest absolute Gasteiger partial charge is 0.158 e. The molecule has 1 N–H and O–H groups in total. The van der Waals surface area contributed by atoms with E-state index >= 15 is 0 Å². The quantitative estimate of drug-likeness (QED) is 0.543. The molecule has 0 saturated carbocycles. The fourth-order valence-electron chi connectivity index (χ4n) is 4.42. The Kier molecular flexibility index (Phi) is 4.74. The van der Waals surface area contributed by atoms with Crippen LogP contribution < -0.4 is 4.90 Å². The molecule has 0 amide bonds. The van der Waals surface area contributed by atoms with Gasteiger partial charge in [0.1, 0.15) is 23.0 Å². The maximum Gasteiger partial charge on any atom is 0.158 e. The van der Waals surface area contributed by atoms with Crippen LogP contribution in [0.2, 0.25) is 0 Å². The van der Waals surface area contributed by atoms with Crippen LogP contribution in [0.15, 0.2) is 41.2 Å². The summed E-state index contributed by atoms with van der Waals surface area (Å²) < 4.78 is 7.13. The Labute approximate surface area is 180 Å². The van der Waals surface area contributed by atoms with Crippen LogP contribution in [0.3, 0.4) is 0 Å². The maximum atomic E-state index is 11.4. The number of anilines is 1. The maximum absolute atomic E-state index is 11.4. The molecule has 5 rings (SSSR count). The predicted octanol–water partition coefficient (Wildman–Crippen LogP) is 3.58. The first-order valence-electron chi connectivity index (χ1n) is 10.6. The van der Waals surface area contributed by atoms with Gasteiger partial charge in [-0.05, 0) is 46.1 Å². The third-order valence-corrected chi connectivity index (χ3v) is 6.25. The summed E-state index contributed by atoms with van der Waals surface area (Å²) in [5.41, 5.74) is 4.28.